The van der Waals surface area contributed by atoms with E-state index >= 15 is 0 Å². The lowest BCUT2D eigenvalue weighted by atomic mass is 10.1. The van der Waals surface area contributed by atoms with Crippen LogP contribution < -0.4 is 9.47 Å². The van der Waals surface area contributed by atoms with Gasteiger partial charge in [0.1, 0.15) is 23.1 Å². The van der Waals surface area contributed by atoms with E-state index in [1.807, 2.05) is 73.5 Å². The van der Waals surface area contributed by atoms with Gasteiger partial charge in [0, 0.05) is 17.0 Å². The molecule has 0 aliphatic rings. The Kier molecular flexibility index (Phi) is 6.88. The standard InChI is InChI=1S/C23H26N2O3S/c1-16(2)25(23(26)18-6-5-7-21(12-18)27-4)13-19-15-29-22(24-19)14-28-20-10-8-17(3)9-11-20/h5-12,15-16H,13-14H2,1-4H3. The van der Waals surface area contributed by atoms with Crippen molar-refractivity contribution in [1.29, 1.82) is 0 Å². The molecule has 0 aliphatic carbocycles. The fraction of sp³-hybridized carbons (Fsp3) is 0.304. The van der Waals surface area contributed by atoms with Crippen LogP contribution in [0.3, 0.4) is 0 Å². The molecule has 29 heavy (non-hydrogen) atoms. The van der Waals surface area contributed by atoms with E-state index in [1.165, 1.54) is 5.56 Å². The van der Waals surface area contributed by atoms with Gasteiger partial charge in [-0.25, -0.2) is 4.98 Å². The molecule has 0 N–H and O–H groups in total. The summed E-state index contributed by atoms with van der Waals surface area (Å²) in [7, 11) is 1.60. The van der Waals surface area contributed by atoms with Gasteiger partial charge in [0.2, 0.25) is 0 Å². The van der Waals surface area contributed by atoms with Crippen LogP contribution in [0.2, 0.25) is 0 Å². The number of rotatable bonds is 8. The lowest BCUT2D eigenvalue weighted by Gasteiger charge is -2.26. The number of carbonyl (C=O) groups is 1. The number of aryl methyl sites for hydroxylation is 1. The summed E-state index contributed by atoms with van der Waals surface area (Å²) in [6, 6.07) is 15.2. The second-order valence-corrected chi connectivity index (χ2v) is 8.04. The van der Waals surface area contributed by atoms with Crippen molar-refractivity contribution in [3.05, 3.63) is 75.7 Å². The number of thiazole rings is 1. The average Bonchev–Trinajstić information content (AvgIpc) is 3.18. The third kappa shape index (κ3) is 5.57. The first-order valence-corrected chi connectivity index (χ1v) is 10.4. The summed E-state index contributed by atoms with van der Waals surface area (Å²) < 4.78 is 11.0. The molecule has 0 aliphatic heterocycles. The zero-order chi connectivity index (χ0) is 20.8. The van der Waals surface area contributed by atoms with Gasteiger partial charge in [0.25, 0.3) is 5.91 Å². The van der Waals surface area contributed by atoms with Crippen molar-refractivity contribution >= 4 is 17.2 Å². The van der Waals surface area contributed by atoms with Crippen LogP contribution in [-0.4, -0.2) is 28.9 Å². The third-order valence-corrected chi connectivity index (χ3v) is 5.39. The fourth-order valence-electron chi connectivity index (χ4n) is 2.85. The highest BCUT2D eigenvalue weighted by atomic mass is 32.1. The van der Waals surface area contributed by atoms with Crippen molar-refractivity contribution in [3.63, 3.8) is 0 Å². The van der Waals surface area contributed by atoms with Crippen molar-refractivity contribution in [1.82, 2.24) is 9.88 Å². The molecule has 0 saturated heterocycles. The van der Waals surface area contributed by atoms with Crippen molar-refractivity contribution < 1.29 is 14.3 Å². The molecule has 3 aromatic rings. The molecule has 0 atom stereocenters. The Balaban J connectivity index is 1.66. The Morgan fingerprint density at radius 2 is 1.90 bits per heavy atom. The molecule has 0 bridgehead atoms. The maximum Gasteiger partial charge on any atom is 0.254 e. The summed E-state index contributed by atoms with van der Waals surface area (Å²) in [4.78, 5) is 19.5. The summed E-state index contributed by atoms with van der Waals surface area (Å²) in [5.41, 5.74) is 2.67. The maximum atomic E-state index is 13.0. The number of hydrogen-bond donors (Lipinski definition) is 0. The number of benzene rings is 2. The van der Waals surface area contributed by atoms with Gasteiger partial charge < -0.3 is 14.4 Å². The predicted molar refractivity (Wildman–Crippen MR) is 116 cm³/mol. The lowest BCUT2D eigenvalue weighted by molar-refractivity contribution is 0.0687. The quantitative estimate of drug-likeness (QED) is 0.519. The van der Waals surface area contributed by atoms with Crippen LogP contribution in [-0.2, 0) is 13.2 Å². The van der Waals surface area contributed by atoms with E-state index in [2.05, 4.69) is 4.98 Å². The molecule has 5 nitrogen and oxygen atoms in total. The number of nitrogens with zero attached hydrogens (tertiary/aromatic N) is 2. The Bertz CT molecular complexity index is 951. The monoisotopic (exact) mass is 410 g/mol. The summed E-state index contributed by atoms with van der Waals surface area (Å²) >= 11 is 1.55. The van der Waals surface area contributed by atoms with Crippen molar-refractivity contribution in [2.45, 2.75) is 40.0 Å². The zero-order valence-corrected chi connectivity index (χ0v) is 18.0. The van der Waals surface area contributed by atoms with Gasteiger partial charge in [-0.3, -0.25) is 4.79 Å². The third-order valence-electron chi connectivity index (χ3n) is 4.52. The van der Waals surface area contributed by atoms with E-state index in [9.17, 15) is 4.79 Å². The van der Waals surface area contributed by atoms with Gasteiger partial charge in [0.05, 0.1) is 19.3 Å². The predicted octanol–water partition coefficient (Wildman–Crippen LogP) is 5.09. The van der Waals surface area contributed by atoms with Gasteiger partial charge >= 0.3 is 0 Å². The van der Waals surface area contributed by atoms with Gasteiger partial charge in [0.15, 0.2) is 0 Å². The molecule has 3 rings (SSSR count). The molecule has 1 amide bonds. The molecule has 1 aromatic heterocycles. The molecule has 0 radical (unpaired) electrons. The van der Waals surface area contributed by atoms with Crippen molar-refractivity contribution in [3.8, 4) is 11.5 Å². The summed E-state index contributed by atoms with van der Waals surface area (Å²) in [6.07, 6.45) is 0. The number of carbonyl (C=O) groups excluding carboxylic acids is 1. The first-order valence-electron chi connectivity index (χ1n) is 9.54. The highest BCUT2D eigenvalue weighted by Crippen LogP contribution is 2.20. The van der Waals surface area contributed by atoms with Crippen LogP contribution >= 0.6 is 11.3 Å². The molecular formula is C23H26N2O3S. The molecule has 0 unspecified atom stereocenters. The Morgan fingerprint density at radius 1 is 1.14 bits per heavy atom. The van der Waals surface area contributed by atoms with Crippen LogP contribution in [0.15, 0.2) is 53.9 Å². The van der Waals surface area contributed by atoms with Crippen LogP contribution in [0, 0.1) is 6.92 Å². The van der Waals surface area contributed by atoms with E-state index in [1.54, 1.807) is 24.5 Å². The molecule has 0 fully saturated rings. The van der Waals surface area contributed by atoms with Crippen LogP contribution in [0.25, 0.3) is 0 Å². The normalized spacial score (nSPS) is 10.8. The van der Waals surface area contributed by atoms with E-state index in [0.29, 0.717) is 24.5 Å². The average molecular weight is 411 g/mol. The van der Waals surface area contributed by atoms with Crippen LogP contribution in [0.1, 0.15) is 40.5 Å². The number of ether oxygens (including phenoxy) is 2. The summed E-state index contributed by atoms with van der Waals surface area (Å²) in [5, 5.41) is 2.88. The highest BCUT2D eigenvalue weighted by Gasteiger charge is 2.20. The Morgan fingerprint density at radius 3 is 2.59 bits per heavy atom. The fourth-order valence-corrected chi connectivity index (χ4v) is 3.55. The van der Waals surface area contributed by atoms with E-state index in [4.69, 9.17) is 9.47 Å². The van der Waals surface area contributed by atoms with Gasteiger partial charge in [-0.1, -0.05) is 23.8 Å². The van der Waals surface area contributed by atoms with E-state index in [0.717, 1.165) is 16.5 Å². The molecule has 0 saturated carbocycles. The molecular weight excluding hydrogens is 384 g/mol. The Labute approximate surface area is 175 Å². The van der Waals surface area contributed by atoms with Crippen molar-refractivity contribution in [2.24, 2.45) is 0 Å². The van der Waals surface area contributed by atoms with E-state index < -0.39 is 0 Å². The number of methoxy groups -OCH3 is 1. The largest absolute Gasteiger partial charge is 0.497 e. The second-order valence-electron chi connectivity index (χ2n) is 7.09. The topological polar surface area (TPSA) is 51.7 Å². The minimum absolute atomic E-state index is 0.0376. The van der Waals surface area contributed by atoms with Gasteiger partial charge in [-0.15, -0.1) is 11.3 Å². The summed E-state index contributed by atoms with van der Waals surface area (Å²) in [5.74, 6) is 1.46. The van der Waals surface area contributed by atoms with E-state index in [-0.39, 0.29) is 11.9 Å². The van der Waals surface area contributed by atoms with Gasteiger partial charge in [-0.05, 0) is 51.1 Å². The van der Waals surface area contributed by atoms with Crippen LogP contribution in [0.5, 0.6) is 11.5 Å². The first-order chi connectivity index (χ1) is 14.0. The highest BCUT2D eigenvalue weighted by molar-refractivity contribution is 7.09. The first kappa shape index (κ1) is 20.9. The Hall–Kier alpha value is -2.86. The lowest BCUT2D eigenvalue weighted by Crippen LogP contribution is -2.36. The maximum absolute atomic E-state index is 13.0. The second kappa shape index (κ2) is 9.56. The molecule has 6 heteroatoms. The molecule has 1 heterocycles. The zero-order valence-electron chi connectivity index (χ0n) is 17.2. The molecule has 0 spiro atoms. The number of aromatic nitrogens is 1. The van der Waals surface area contributed by atoms with Crippen molar-refractivity contribution in [2.75, 3.05) is 7.11 Å². The van der Waals surface area contributed by atoms with Gasteiger partial charge in [-0.2, -0.15) is 0 Å². The molecule has 2 aromatic carbocycles. The smallest absolute Gasteiger partial charge is 0.254 e. The minimum Gasteiger partial charge on any atom is -0.497 e. The SMILES string of the molecule is COc1cccc(C(=O)N(Cc2csc(COc3ccc(C)cc3)n2)C(C)C)c1. The number of hydrogen-bond acceptors (Lipinski definition) is 5. The summed E-state index contributed by atoms with van der Waals surface area (Å²) in [6.45, 7) is 6.93. The number of amides is 1. The minimum atomic E-state index is -0.0376. The van der Waals surface area contributed by atoms with Crippen LogP contribution in [0.4, 0.5) is 0 Å². The molecule has 152 valence electrons.